The first-order valence-corrected chi connectivity index (χ1v) is 36.2. The minimum atomic E-state index is -0.766. The van der Waals surface area contributed by atoms with E-state index in [0.29, 0.717) is 19.3 Å². The molecular formula is C73H140O6. The molecule has 0 bridgehead atoms. The van der Waals surface area contributed by atoms with Crippen LogP contribution in [0.1, 0.15) is 419 Å². The molecule has 0 fully saturated rings. The second kappa shape index (κ2) is 68.6. The van der Waals surface area contributed by atoms with Gasteiger partial charge in [0.2, 0.25) is 0 Å². The fourth-order valence-electron chi connectivity index (χ4n) is 11.3. The van der Waals surface area contributed by atoms with Gasteiger partial charge in [0, 0.05) is 19.3 Å². The summed E-state index contributed by atoms with van der Waals surface area (Å²) >= 11 is 0. The van der Waals surface area contributed by atoms with E-state index in [9.17, 15) is 14.4 Å². The Labute approximate surface area is 494 Å². The van der Waals surface area contributed by atoms with Crippen LogP contribution in [0.2, 0.25) is 0 Å². The van der Waals surface area contributed by atoms with Crippen LogP contribution < -0.4 is 0 Å². The van der Waals surface area contributed by atoms with Gasteiger partial charge in [-0.3, -0.25) is 14.4 Å². The summed E-state index contributed by atoms with van der Waals surface area (Å²) in [5.74, 6) is -0.825. The lowest BCUT2D eigenvalue weighted by atomic mass is 10.0. The molecule has 0 saturated heterocycles. The van der Waals surface area contributed by atoms with Crippen molar-refractivity contribution in [2.24, 2.45) is 0 Å². The summed E-state index contributed by atoms with van der Waals surface area (Å²) in [4.78, 5) is 38.4. The Hall–Kier alpha value is -1.85. The number of hydrogen-bond acceptors (Lipinski definition) is 6. The second-order valence-corrected chi connectivity index (χ2v) is 24.9. The van der Waals surface area contributed by atoms with Gasteiger partial charge in [-0.2, -0.15) is 0 Å². The Morgan fingerprint density at radius 1 is 0.241 bits per heavy atom. The van der Waals surface area contributed by atoms with Crippen molar-refractivity contribution in [3.8, 4) is 0 Å². The molecule has 0 aliphatic rings. The number of ether oxygens (including phenoxy) is 3. The molecule has 0 spiro atoms. The summed E-state index contributed by atoms with van der Waals surface area (Å²) in [6, 6.07) is 0. The Kier molecular flexibility index (Phi) is 67.0. The van der Waals surface area contributed by atoms with Crippen molar-refractivity contribution >= 4 is 17.9 Å². The molecule has 468 valence electrons. The predicted molar refractivity (Wildman–Crippen MR) is 344 cm³/mol. The molecule has 0 aromatic carbocycles. The van der Waals surface area contributed by atoms with Gasteiger partial charge in [-0.25, -0.2) is 0 Å². The Morgan fingerprint density at radius 2 is 0.418 bits per heavy atom. The highest BCUT2D eigenvalue weighted by Crippen LogP contribution is 2.19. The Bertz CT molecular complexity index is 1230. The quantitative estimate of drug-likeness (QED) is 0.0261. The number of rotatable bonds is 68. The molecular weight excluding hydrogens is 973 g/mol. The van der Waals surface area contributed by atoms with Crippen molar-refractivity contribution in [2.45, 2.75) is 425 Å². The van der Waals surface area contributed by atoms with Crippen LogP contribution in [0.15, 0.2) is 12.2 Å². The molecule has 0 saturated carbocycles. The number of allylic oxidation sites excluding steroid dienone is 2. The molecule has 79 heavy (non-hydrogen) atoms. The van der Waals surface area contributed by atoms with Crippen LogP contribution in [0.5, 0.6) is 0 Å². The van der Waals surface area contributed by atoms with Crippen LogP contribution in [-0.4, -0.2) is 37.2 Å². The SMILES string of the molecule is CCCCCCCCCC/C=C\CCCCCCCCCCCCCCCC(=O)OCC(COC(=O)CCCCCCCCCCCCCCC)OC(=O)CCCCCCCCCCCCCCCCCCCCCCCCC. The van der Waals surface area contributed by atoms with Gasteiger partial charge in [0.15, 0.2) is 6.10 Å². The maximum Gasteiger partial charge on any atom is 0.306 e. The summed E-state index contributed by atoms with van der Waals surface area (Å²) in [5, 5.41) is 0. The van der Waals surface area contributed by atoms with Crippen molar-refractivity contribution in [1.29, 1.82) is 0 Å². The number of carbonyl (C=O) groups is 3. The van der Waals surface area contributed by atoms with Crippen molar-refractivity contribution in [3.05, 3.63) is 12.2 Å². The molecule has 0 rings (SSSR count). The number of hydrogen-bond donors (Lipinski definition) is 0. The molecule has 0 aliphatic carbocycles. The lowest BCUT2D eigenvalue weighted by molar-refractivity contribution is -0.167. The lowest BCUT2D eigenvalue weighted by Crippen LogP contribution is -2.30. The van der Waals surface area contributed by atoms with Crippen molar-refractivity contribution in [2.75, 3.05) is 13.2 Å². The van der Waals surface area contributed by atoms with Crippen LogP contribution in [0.4, 0.5) is 0 Å². The van der Waals surface area contributed by atoms with Gasteiger partial charge in [-0.05, 0) is 44.9 Å². The first-order chi connectivity index (χ1) is 39.0. The van der Waals surface area contributed by atoms with Crippen LogP contribution in [0, 0.1) is 0 Å². The summed E-state index contributed by atoms with van der Waals surface area (Å²) in [6.07, 6.45) is 82.5. The monoisotopic (exact) mass is 1110 g/mol. The first-order valence-electron chi connectivity index (χ1n) is 36.2. The third kappa shape index (κ3) is 66.8. The fraction of sp³-hybridized carbons (Fsp3) is 0.932. The van der Waals surface area contributed by atoms with Crippen LogP contribution in [0.25, 0.3) is 0 Å². The maximum absolute atomic E-state index is 13.0. The van der Waals surface area contributed by atoms with Crippen LogP contribution in [-0.2, 0) is 28.6 Å². The number of esters is 3. The zero-order chi connectivity index (χ0) is 57.1. The highest BCUT2D eigenvalue weighted by atomic mass is 16.6. The van der Waals surface area contributed by atoms with Crippen molar-refractivity contribution < 1.29 is 28.6 Å². The van der Waals surface area contributed by atoms with E-state index >= 15 is 0 Å². The van der Waals surface area contributed by atoms with Gasteiger partial charge in [-0.15, -0.1) is 0 Å². The van der Waals surface area contributed by atoms with E-state index in [1.807, 2.05) is 0 Å². The van der Waals surface area contributed by atoms with Gasteiger partial charge in [0.05, 0.1) is 0 Å². The van der Waals surface area contributed by atoms with E-state index in [1.54, 1.807) is 0 Å². The molecule has 0 radical (unpaired) electrons. The molecule has 0 aromatic heterocycles. The number of unbranched alkanes of at least 4 members (excludes halogenated alkanes) is 55. The largest absolute Gasteiger partial charge is 0.462 e. The van der Waals surface area contributed by atoms with Crippen LogP contribution in [0.3, 0.4) is 0 Å². The molecule has 1 unspecified atom stereocenters. The average molecular weight is 1110 g/mol. The fourth-order valence-corrected chi connectivity index (χ4v) is 11.3. The molecule has 0 aromatic rings. The van der Waals surface area contributed by atoms with Gasteiger partial charge in [-0.1, -0.05) is 367 Å². The molecule has 1 atom stereocenters. The standard InChI is InChI=1S/C73H140O6/c1-4-7-10-13-16-19-22-25-27-29-31-33-35-36-38-39-41-43-45-48-51-54-57-60-63-66-72(75)78-69-70(68-77-71(74)65-62-59-56-53-50-47-24-21-18-15-12-9-6-3)79-73(76)67-64-61-58-55-52-49-46-44-42-40-37-34-32-30-28-26-23-20-17-14-11-8-5-2/h29,31,70H,4-28,30,32-69H2,1-3H3/b31-29-. The summed E-state index contributed by atoms with van der Waals surface area (Å²) in [6.45, 7) is 6.73. The Morgan fingerprint density at radius 3 is 0.633 bits per heavy atom. The average Bonchev–Trinajstić information content (AvgIpc) is 3.45. The van der Waals surface area contributed by atoms with E-state index in [2.05, 4.69) is 32.9 Å². The molecule has 0 amide bonds. The molecule has 0 N–H and O–H groups in total. The number of carbonyl (C=O) groups excluding carboxylic acids is 3. The summed E-state index contributed by atoms with van der Waals surface area (Å²) in [7, 11) is 0. The van der Waals surface area contributed by atoms with E-state index in [4.69, 9.17) is 14.2 Å². The minimum absolute atomic E-state index is 0.0625. The topological polar surface area (TPSA) is 78.9 Å². The van der Waals surface area contributed by atoms with E-state index in [0.717, 1.165) is 57.8 Å². The maximum atomic E-state index is 13.0. The molecule has 6 nitrogen and oxygen atoms in total. The zero-order valence-electron chi connectivity index (χ0n) is 53.9. The molecule has 6 heteroatoms. The first kappa shape index (κ1) is 77.2. The predicted octanol–water partition coefficient (Wildman–Crippen LogP) is 24.8. The normalized spacial score (nSPS) is 12.0. The Balaban J connectivity index is 4.20. The smallest absolute Gasteiger partial charge is 0.306 e. The third-order valence-corrected chi connectivity index (χ3v) is 16.8. The molecule has 0 heterocycles. The van der Waals surface area contributed by atoms with Gasteiger partial charge < -0.3 is 14.2 Å². The van der Waals surface area contributed by atoms with E-state index < -0.39 is 6.10 Å². The zero-order valence-corrected chi connectivity index (χ0v) is 53.9. The van der Waals surface area contributed by atoms with Gasteiger partial charge in [0.25, 0.3) is 0 Å². The van der Waals surface area contributed by atoms with Gasteiger partial charge >= 0.3 is 17.9 Å². The minimum Gasteiger partial charge on any atom is -0.462 e. The summed E-state index contributed by atoms with van der Waals surface area (Å²) in [5.41, 5.74) is 0. The van der Waals surface area contributed by atoms with E-state index in [-0.39, 0.29) is 31.1 Å². The lowest BCUT2D eigenvalue weighted by Gasteiger charge is -2.18. The second-order valence-electron chi connectivity index (χ2n) is 24.9. The van der Waals surface area contributed by atoms with Crippen molar-refractivity contribution in [3.63, 3.8) is 0 Å². The third-order valence-electron chi connectivity index (χ3n) is 16.8. The summed E-state index contributed by atoms with van der Waals surface area (Å²) < 4.78 is 17.0. The van der Waals surface area contributed by atoms with E-state index in [1.165, 1.54) is 321 Å². The highest BCUT2D eigenvalue weighted by molar-refractivity contribution is 5.71. The van der Waals surface area contributed by atoms with Crippen molar-refractivity contribution in [1.82, 2.24) is 0 Å². The molecule has 0 aliphatic heterocycles. The highest BCUT2D eigenvalue weighted by Gasteiger charge is 2.20. The van der Waals surface area contributed by atoms with Crippen LogP contribution >= 0.6 is 0 Å². The van der Waals surface area contributed by atoms with Gasteiger partial charge in [0.1, 0.15) is 13.2 Å².